The Morgan fingerprint density at radius 1 is 1.20 bits per heavy atom. The van der Waals surface area contributed by atoms with Gasteiger partial charge in [-0.25, -0.2) is 0 Å². The molecule has 0 aromatic heterocycles. The molecule has 0 amide bonds. The highest BCUT2D eigenvalue weighted by molar-refractivity contribution is 4.84. The van der Waals surface area contributed by atoms with Crippen molar-refractivity contribution < 1.29 is 4.74 Å². The first kappa shape index (κ1) is 11.4. The molecule has 0 saturated heterocycles. The fourth-order valence-electron chi connectivity index (χ4n) is 2.67. The zero-order chi connectivity index (χ0) is 10.5. The average Bonchev–Trinajstić information content (AvgIpc) is 2.92. The molecule has 2 rings (SSSR count). The van der Waals surface area contributed by atoms with E-state index in [-0.39, 0.29) is 0 Å². The molecule has 0 aromatic rings. The average molecular weight is 211 g/mol. The highest BCUT2D eigenvalue weighted by Gasteiger charge is 2.27. The molecule has 1 unspecified atom stereocenters. The van der Waals surface area contributed by atoms with Crippen LogP contribution in [0.3, 0.4) is 0 Å². The topological polar surface area (TPSA) is 21.3 Å². The van der Waals surface area contributed by atoms with Crippen molar-refractivity contribution in [3.05, 3.63) is 0 Å². The maximum absolute atomic E-state index is 5.62. The summed E-state index contributed by atoms with van der Waals surface area (Å²) in [5, 5.41) is 3.66. The number of hydrogen-bond donors (Lipinski definition) is 1. The minimum absolute atomic E-state index is 0.771. The van der Waals surface area contributed by atoms with E-state index in [4.69, 9.17) is 4.74 Å². The van der Waals surface area contributed by atoms with Crippen LogP contribution >= 0.6 is 0 Å². The summed E-state index contributed by atoms with van der Waals surface area (Å²) in [5.74, 6) is 1.70. The Balaban J connectivity index is 1.71. The summed E-state index contributed by atoms with van der Waals surface area (Å²) < 4.78 is 5.62. The van der Waals surface area contributed by atoms with Gasteiger partial charge in [0.25, 0.3) is 0 Å². The van der Waals surface area contributed by atoms with Gasteiger partial charge in [-0.15, -0.1) is 0 Å². The summed E-state index contributed by atoms with van der Waals surface area (Å²) in [6, 6.07) is 0.843. The van der Waals surface area contributed by atoms with Crippen molar-refractivity contribution >= 4 is 0 Å². The van der Waals surface area contributed by atoms with Crippen LogP contribution in [-0.2, 0) is 4.74 Å². The van der Waals surface area contributed by atoms with Gasteiger partial charge in [-0.3, -0.25) is 0 Å². The molecule has 88 valence electrons. The van der Waals surface area contributed by atoms with Gasteiger partial charge in [0, 0.05) is 19.2 Å². The summed E-state index contributed by atoms with van der Waals surface area (Å²) in [6.45, 7) is 5.13. The molecular formula is C13H25NO. The van der Waals surface area contributed by atoms with Gasteiger partial charge >= 0.3 is 0 Å². The van der Waals surface area contributed by atoms with E-state index in [1.54, 1.807) is 0 Å². The van der Waals surface area contributed by atoms with Gasteiger partial charge in [-0.05, 0) is 31.6 Å². The van der Waals surface area contributed by atoms with Crippen LogP contribution in [0.15, 0.2) is 0 Å². The maximum Gasteiger partial charge on any atom is 0.0508 e. The first-order valence-corrected chi connectivity index (χ1v) is 6.71. The Labute approximate surface area is 93.8 Å². The van der Waals surface area contributed by atoms with Gasteiger partial charge in [-0.1, -0.05) is 25.7 Å². The Morgan fingerprint density at radius 3 is 2.53 bits per heavy atom. The molecule has 2 aliphatic rings. The molecule has 0 aliphatic heterocycles. The lowest BCUT2D eigenvalue weighted by atomic mass is 9.91. The second kappa shape index (κ2) is 5.86. The Hall–Kier alpha value is -0.0800. The van der Waals surface area contributed by atoms with Crippen molar-refractivity contribution in [2.75, 3.05) is 19.8 Å². The van der Waals surface area contributed by atoms with Crippen molar-refractivity contribution in [1.29, 1.82) is 0 Å². The van der Waals surface area contributed by atoms with E-state index in [1.807, 2.05) is 0 Å². The predicted octanol–water partition coefficient (Wildman–Crippen LogP) is 2.58. The van der Waals surface area contributed by atoms with Crippen LogP contribution in [0.25, 0.3) is 0 Å². The van der Waals surface area contributed by atoms with Crippen LogP contribution < -0.4 is 5.32 Å². The lowest BCUT2D eigenvalue weighted by molar-refractivity contribution is 0.0858. The third-order valence-corrected chi connectivity index (χ3v) is 3.85. The third-order valence-electron chi connectivity index (χ3n) is 3.85. The molecule has 0 heterocycles. The van der Waals surface area contributed by atoms with Crippen LogP contribution in [0.1, 0.15) is 45.4 Å². The lowest BCUT2D eigenvalue weighted by Gasteiger charge is -2.23. The normalized spacial score (nSPS) is 24.6. The van der Waals surface area contributed by atoms with E-state index in [0.29, 0.717) is 0 Å². The summed E-state index contributed by atoms with van der Waals surface area (Å²) in [6.07, 6.45) is 8.54. The Kier molecular flexibility index (Phi) is 4.45. The molecule has 2 nitrogen and oxygen atoms in total. The van der Waals surface area contributed by atoms with Gasteiger partial charge in [0.05, 0.1) is 6.61 Å². The fraction of sp³-hybridized carbons (Fsp3) is 1.00. The standard InChI is InChI=1S/C13H25NO/c1-2-15-10-12(9-14-13-7-8-13)11-5-3-4-6-11/h11-14H,2-10H2,1H3. The van der Waals surface area contributed by atoms with Gasteiger partial charge in [0.15, 0.2) is 0 Å². The van der Waals surface area contributed by atoms with Gasteiger partial charge < -0.3 is 10.1 Å². The molecule has 0 bridgehead atoms. The highest BCUT2D eigenvalue weighted by Crippen LogP contribution is 2.32. The minimum atomic E-state index is 0.771. The molecule has 2 saturated carbocycles. The lowest BCUT2D eigenvalue weighted by Crippen LogP contribution is -2.32. The van der Waals surface area contributed by atoms with Gasteiger partial charge in [0.1, 0.15) is 0 Å². The molecule has 0 aromatic carbocycles. The second-order valence-corrected chi connectivity index (χ2v) is 5.15. The van der Waals surface area contributed by atoms with E-state index in [1.165, 1.54) is 45.1 Å². The van der Waals surface area contributed by atoms with Crippen LogP contribution in [0.2, 0.25) is 0 Å². The summed E-state index contributed by atoms with van der Waals surface area (Å²) in [4.78, 5) is 0. The molecule has 0 spiro atoms. The first-order valence-electron chi connectivity index (χ1n) is 6.71. The SMILES string of the molecule is CCOCC(CNC1CC1)C1CCCC1. The molecule has 0 radical (unpaired) electrons. The summed E-state index contributed by atoms with van der Waals surface area (Å²) >= 11 is 0. The molecule has 1 atom stereocenters. The van der Waals surface area contributed by atoms with Gasteiger partial charge in [-0.2, -0.15) is 0 Å². The van der Waals surface area contributed by atoms with E-state index in [2.05, 4.69) is 12.2 Å². The van der Waals surface area contributed by atoms with Crippen LogP contribution in [0.4, 0.5) is 0 Å². The van der Waals surface area contributed by atoms with Crippen molar-refractivity contribution in [1.82, 2.24) is 5.32 Å². The van der Waals surface area contributed by atoms with E-state index >= 15 is 0 Å². The van der Waals surface area contributed by atoms with E-state index in [9.17, 15) is 0 Å². The fourth-order valence-corrected chi connectivity index (χ4v) is 2.67. The zero-order valence-electron chi connectivity index (χ0n) is 10.0. The van der Waals surface area contributed by atoms with Crippen molar-refractivity contribution in [2.45, 2.75) is 51.5 Å². The van der Waals surface area contributed by atoms with Crippen LogP contribution in [0.5, 0.6) is 0 Å². The molecule has 15 heavy (non-hydrogen) atoms. The quantitative estimate of drug-likeness (QED) is 0.699. The summed E-state index contributed by atoms with van der Waals surface area (Å²) in [5.41, 5.74) is 0. The Morgan fingerprint density at radius 2 is 1.93 bits per heavy atom. The minimum Gasteiger partial charge on any atom is -0.381 e. The molecule has 1 N–H and O–H groups in total. The molecule has 2 heteroatoms. The monoisotopic (exact) mass is 211 g/mol. The third kappa shape index (κ3) is 3.76. The van der Waals surface area contributed by atoms with Crippen LogP contribution in [-0.4, -0.2) is 25.8 Å². The van der Waals surface area contributed by atoms with Crippen molar-refractivity contribution in [3.8, 4) is 0 Å². The van der Waals surface area contributed by atoms with E-state index in [0.717, 1.165) is 31.1 Å². The smallest absolute Gasteiger partial charge is 0.0508 e. The largest absolute Gasteiger partial charge is 0.381 e. The van der Waals surface area contributed by atoms with Crippen LogP contribution in [0, 0.1) is 11.8 Å². The Bertz CT molecular complexity index is 173. The van der Waals surface area contributed by atoms with Gasteiger partial charge in [0.2, 0.25) is 0 Å². The number of rotatable bonds is 7. The number of hydrogen-bond acceptors (Lipinski definition) is 2. The number of ether oxygens (including phenoxy) is 1. The second-order valence-electron chi connectivity index (χ2n) is 5.15. The molecule has 2 aliphatic carbocycles. The number of nitrogens with one attached hydrogen (secondary N) is 1. The predicted molar refractivity (Wildman–Crippen MR) is 63.0 cm³/mol. The van der Waals surface area contributed by atoms with Crippen molar-refractivity contribution in [2.24, 2.45) is 11.8 Å². The van der Waals surface area contributed by atoms with Crippen molar-refractivity contribution in [3.63, 3.8) is 0 Å². The first-order chi connectivity index (χ1) is 7.40. The highest BCUT2D eigenvalue weighted by atomic mass is 16.5. The zero-order valence-corrected chi connectivity index (χ0v) is 10.0. The molecular weight excluding hydrogens is 186 g/mol. The summed E-state index contributed by atoms with van der Waals surface area (Å²) in [7, 11) is 0. The molecule has 2 fully saturated rings. The maximum atomic E-state index is 5.62. The van der Waals surface area contributed by atoms with E-state index < -0.39 is 0 Å².